The van der Waals surface area contributed by atoms with E-state index in [0.29, 0.717) is 17.1 Å². The van der Waals surface area contributed by atoms with Crippen molar-refractivity contribution in [2.45, 2.75) is 6.54 Å². The van der Waals surface area contributed by atoms with Crippen LogP contribution in [-0.4, -0.2) is 15.7 Å². The van der Waals surface area contributed by atoms with Crippen LogP contribution in [0.5, 0.6) is 0 Å². The van der Waals surface area contributed by atoms with Gasteiger partial charge in [0.2, 0.25) is 0 Å². The van der Waals surface area contributed by atoms with Crippen molar-refractivity contribution in [3.8, 4) is 0 Å². The van der Waals surface area contributed by atoms with Crippen LogP contribution >= 0.6 is 11.6 Å². The molecule has 0 saturated carbocycles. The van der Waals surface area contributed by atoms with E-state index in [9.17, 15) is 4.79 Å². The van der Waals surface area contributed by atoms with E-state index in [4.69, 9.17) is 11.6 Å². The van der Waals surface area contributed by atoms with Crippen LogP contribution in [0.25, 0.3) is 0 Å². The highest BCUT2D eigenvalue weighted by Crippen LogP contribution is 2.15. The Morgan fingerprint density at radius 2 is 1.82 bits per heavy atom. The molecule has 1 aromatic heterocycles. The van der Waals surface area contributed by atoms with Gasteiger partial charge in [-0.1, -0.05) is 23.7 Å². The molecule has 1 amide bonds. The third kappa shape index (κ3) is 3.54. The number of benzene rings is 2. The minimum atomic E-state index is -0.145. The lowest BCUT2D eigenvalue weighted by molar-refractivity contribution is 0.102. The zero-order chi connectivity index (χ0) is 15.4. The molecule has 2 aromatic carbocycles. The molecular formula is C17H14ClN3O. The Morgan fingerprint density at radius 1 is 1.09 bits per heavy atom. The summed E-state index contributed by atoms with van der Waals surface area (Å²) in [5, 5.41) is 7.63. The molecule has 3 rings (SSSR count). The Kier molecular flexibility index (Phi) is 4.21. The van der Waals surface area contributed by atoms with Crippen LogP contribution in [0.1, 0.15) is 15.9 Å². The Morgan fingerprint density at radius 3 is 2.45 bits per heavy atom. The maximum atomic E-state index is 12.2. The van der Waals surface area contributed by atoms with Gasteiger partial charge in [0.05, 0.1) is 6.54 Å². The number of nitrogens with one attached hydrogen (secondary N) is 1. The van der Waals surface area contributed by atoms with Gasteiger partial charge in [-0.15, -0.1) is 0 Å². The molecule has 0 radical (unpaired) electrons. The summed E-state index contributed by atoms with van der Waals surface area (Å²) in [5.74, 6) is -0.145. The largest absolute Gasteiger partial charge is 0.322 e. The van der Waals surface area contributed by atoms with Gasteiger partial charge in [-0.05, 0) is 48.0 Å². The first-order valence-corrected chi connectivity index (χ1v) is 7.22. The molecule has 22 heavy (non-hydrogen) atoms. The summed E-state index contributed by atoms with van der Waals surface area (Å²) in [5.41, 5.74) is 2.42. The van der Waals surface area contributed by atoms with Crippen molar-refractivity contribution < 1.29 is 4.79 Å². The van der Waals surface area contributed by atoms with Crippen molar-refractivity contribution in [3.63, 3.8) is 0 Å². The molecule has 110 valence electrons. The van der Waals surface area contributed by atoms with Gasteiger partial charge in [0.25, 0.3) is 5.91 Å². The summed E-state index contributed by atoms with van der Waals surface area (Å²) in [6, 6.07) is 16.4. The highest BCUT2D eigenvalue weighted by molar-refractivity contribution is 6.30. The minimum Gasteiger partial charge on any atom is -0.322 e. The first kappa shape index (κ1) is 14.4. The third-order valence-corrected chi connectivity index (χ3v) is 3.47. The summed E-state index contributed by atoms with van der Waals surface area (Å²) >= 11 is 5.82. The summed E-state index contributed by atoms with van der Waals surface area (Å²) in [7, 11) is 0. The van der Waals surface area contributed by atoms with Gasteiger partial charge >= 0.3 is 0 Å². The smallest absolute Gasteiger partial charge is 0.255 e. The molecule has 5 heteroatoms. The maximum absolute atomic E-state index is 12.2. The number of hydrogen-bond acceptors (Lipinski definition) is 2. The Bertz CT molecular complexity index is 750. The fourth-order valence-electron chi connectivity index (χ4n) is 2.08. The van der Waals surface area contributed by atoms with Crippen molar-refractivity contribution in [1.82, 2.24) is 9.78 Å². The lowest BCUT2D eigenvalue weighted by Crippen LogP contribution is -2.11. The van der Waals surface area contributed by atoms with Crippen LogP contribution in [0.3, 0.4) is 0 Å². The van der Waals surface area contributed by atoms with Crippen molar-refractivity contribution in [1.29, 1.82) is 0 Å². The van der Waals surface area contributed by atoms with Gasteiger partial charge in [0.15, 0.2) is 0 Å². The average molecular weight is 312 g/mol. The standard InChI is InChI=1S/C17H14ClN3O/c18-15-6-8-16(9-7-15)20-17(22)14-4-2-13(3-5-14)12-21-11-1-10-19-21/h1-11H,12H2,(H,20,22). The number of hydrogen-bond donors (Lipinski definition) is 1. The molecule has 0 unspecified atom stereocenters. The van der Waals surface area contributed by atoms with Crippen LogP contribution in [-0.2, 0) is 6.54 Å². The first-order valence-electron chi connectivity index (χ1n) is 6.84. The van der Waals surface area contributed by atoms with Crippen LogP contribution in [0.15, 0.2) is 67.0 Å². The first-order chi connectivity index (χ1) is 10.7. The van der Waals surface area contributed by atoms with Gasteiger partial charge in [-0.2, -0.15) is 5.10 Å². The van der Waals surface area contributed by atoms with Crippen LogP contribution in [0, 0.1) is 0 Å². The summed E-state index contributed by atoms with van der Waals surface area (Å²) in [4.78, 5) is 12.2. The topological polar surface area (TPSA) is 46.9 Å². The van der Waals surface area contributed by atoms with E-state index in [1.54, 1.807) is 30.5 Å². The quantitative estimate of drug-likeness (QED) is 0.796. The molecule has 0 saturated heterocycles. The van der Waals surface area contributed by atoms with E-state index in [1.807, 2.05) is 41.2 Å². The lowest BCUT2D eigenvalue weighted by atomic mass is 10.1. The molecule has 1 N–H and O–H groups in total. The SMILES string of the molecule is O=C(Nc1ccc(Cl)cc1)c1ccc(Cn2cccn2)cc1. The monoisotopic (exact) mass is 311 g/mol. The molecule has 3 aromatic rings. The van der Waals surface area contributed by atoms with Crippen molar-refractivity contribution in [2.24, 2.45) is 0 Å². The molecule has 0 spiro atoms. The van der Waals surface area contributed by atoms with E-state index < -0.39 is 0 Å². The highest BCUT2D eigenvalue weighted by Gasteiger charge is 2.06. The molecule has 0 aliphatic heterocycles. The Labute approximate surface area is 133 Å². The minimum absolute atomic E-state index is 0.145. The van der Waals surface area contributed by atoms with Gasteiger partial charge in [-0.3, -0.25) is 9.48 Å². The van der Waals surface area contributed by atoms with E-state index >= 15 is 0 Å². The molecule has 0 aliphatic rings. The number of anilines is 1. The predicted octanol–water partition coefficient (Wildman–Crippen LogP) is 3.84. The number of nitrogens with zero attached hydrogens (tertiary/aromatic N) is 2. The fourth-order valence-corrected chi connectivity index (χ4v) is 2.21. The van der Waals surface area contributed by atoms with E-state index in [1.165, 1.54) is 0 Å². The fraction of sp³-hybridized carbons (Fsp3) is 0.0588. The summed E-state index contributed by atoms with van der Waals surface area (Å²) in [6.45, 7) is 0.687. The molecule has 1 heterocycles. The maximum Gasteiger partial charge on any atom is 0.255 e. The Hall–Kier alpha value is -2.59. The zero-order valence-electron chi connectivity index (χ0n) is 11.7. The molecular weight excluding hydrogens is 298 g/mol. The normalized spacial score (nSPS) is 10.4. The number of aromatic nitrogens is 2. The molecule has 0 aliphatic carbocycles. The van der Waals surface area contributed by atoms with Gasteiger partial charge in [-0.25, -0.2) is 0 Å². The second-order valence-corrected chi connectivity index (χ2v) is 5.30. The van der Waals surface area contributed by atoms with Crippen LogP contribution in [0.2, 0.25) is 5.02 Å². The molecule has 0 bridgehead atoms. The predicted molar refractivity (Wildman–Crippen MR) is 87.2 cm³/mol. The second-order valence-electron chi connectivity index (χ2n) is 4.86. The van der Waals surface area contributed by atoms with Gasteiger partial charge in [0, 0.05) is 28.7 Å². The van der Waals surface area contributed by atoms with Crippen LogP contribution < -0.4 is 5.32 Å². The van der Waals surface area contributed by atoms with Crippen molar-refractivity contribution >= 4 is 23.2 Å². The van der Waals surface area contributed by atoms with Crippen LogP contribution in [0.4, 0.5) is 5.69 Å². The van der Waals surface area contributed by atoms with E-state index in [-0.39, 0.29) is 5.91 Å². The van der Waals surface area contributed by atoms with Crippen molar-refractivity contribution in [2.75, 3.05) is 5.32 Å². The second kappa shape index (κ2) is 6.45. The summed E-state index contributed by atoms with van der Waals surface area (Å²) in [6.07, 6.45) is 3.65. The van der Waals surface area contributed by atoms with Crippen molar-refractivity contribution in [3.05, 3.63) is 83.1 Å². The lowest BCUT2D eigenvalue weighted by Gasteiger charge is -2.07. The number of amides is 1. The van der Waals surface area contributed by atoms with E-state index in [0.717, 1.165) is 11.3 Å². The number of carbonyl (C=O) groups is 1. The third-order valence-electron chi connectivity index (χ3n) is 3.22. The summed E-state index contributed by atoms with van der Waals surface area (Å²) < 4.78 is 1.84. The average Bonchev–Trinajstić information content (AvgIpc) is 3.03. The Balaban J connectivity index is 1.66. The molecule has 4 nitrogen and oxygen atoms in total. The number of rotatable bonds is 4. The van der Waals surface area contributed by atoms with E-state index in [2.05, 4.69) is 10.4 Å². The molecule has 0 atom stereocenters. The number of halogens is 1. The molecule has 0 fully saturated rings. The van der Waals surface area contributed by atoms with Gasteiger partial charge < -0.3 is 5.32 Å². The zero-order valence-corrected chi connectivity index (χ0v) is 12.5. The number of carbonyl (C=O) groups excluding carboxylic acids is 1. The highest BCUT2D eigenvalue weighted by atomic mass is 35.5. The van der Waals surface area contributed by atoms with Gasteiger partial charge in [0.1, 0.15) is 0 Å².